The SMILES string of the molecule is Cc1ccccc1-n1ccc2ccc3c(ccc4c3c3ccccc3n4-c3cccc(-c4ccc5c(c4)c4ccccc4n5-c4ccccc4)c3)c21. The number of hydrogen-bond donors (Lipinski definition) is 0. The average molecular weight is 664 g/mol. The van der Waals surface area contributed by atoms with Gasteiger partial charge in [0.05, 0.1) is 27.6 Å². The number of rotatable bonds is 4. The first-order chi connectivity index (χ1) is 25.7. The van der Waals surface area contributed by atoms with E-state index in [-0.39, 0.29) is 0 Å². The van der Waals surface area contributed by atoms with Crippen molar-refractivity contribution in [2.75, 3.05) is 0 Å². The maximum absolute atomic E-state index is 2.44. The van der Waals surface area contributed by atoms with Crippen molar-refractivity contribution in [1.29, 1.82) is 0 Å². The predicted molar refractivity (Wildman–Crippen MR) is 220 cm³/mol. The molecule has 0 atom stereocenters. The zero-order chi connectivity index (χ0) is 34.3. The Labute approximate surface area is 300 Å². The molecule has 8 aromatic carbocycles. The molecule has 0 radical (unpaired) electrons. The lowest BCUT2D eigenvalue weighted by atomic mass is 10.0. The second-order valence-corrected chi connectivity index (χ2v) is 13.9. The Morgan fingerprint density at radius 2 is 1.04 bits per heavy atom. The Morgan fingerprint density at radius 3 is 1.90 bits per heavy atom. The van der Waals surface area contributed by atoms with E-state index in [1.54, 1.807) is 0 Å². The topological polar surface area (TPSA) is 14.8 Å². The van der Waals surface area contributed by atoms with Crippen LogP contribution in [-0.2, 0) is 0 Å². The van der Waals surface area contributed by atoms with Gasteiger partial charge in [-0.3, -0.25) is 0 Å². The quantitative estimate of drug-likeness (QED) is 0.178. The third-order valence-corrected chi connectivity index (χ3v) is 11.0. The summed E-state index contributed by atoms with van der Waals surface area (Å²) in [7, 11) is 0. The summed E-state index contributed by atoms with van der Waals surface area (Å²) in [6, 6.07) is 64.3. The van der Waals surface area contributed by atoms with Crippen LogP contribution in [0.5, 0.6) is 0 Å². The summed E-state index contributed by atoms with van der Waals surface area (Å²) in [4.78, 5) is 0. The van der Waals surface area contributed by atoms with Gasteiger partial charge in [0.15, 0.2) is 0 Å². The molecule has 0 aliphatic rings. The number of aryl methyl sites for hydroxylation is 1. The first-order valence-corrected chi connectivity index (χ1v) is 17.9. The van der Waals surface area contributed by atoms with E-state index in [9.17, 15) is 0 Å². The predicted octanol–water partition coefficient (Wildman–Crippen LogP) is 13.0. The van der Waals surface area contributed by atoms with Crippen LogP contribution in [0.4, 0.5) is 0 Å². The Kier molecular flexibility index (Phi) is 6.17. The zero-order valence-corrected chi connectivity index (χ0v) is 28.7. The van der Waals surface area contributed by atoms with E-state index in [2.05, 4.69) is 203 Å². The van der Waals surface area contributed by atoms with E-state index in [4.69, 9.17) is 0 Å². The highest BCUT2D eigenvalue weighted by molar-refractivity contribution is 6.25. The lowest BCUT2D eigenvalue weighted by molar-refractivity contribution is 1.11. The molecule has 0 unspecified atom stereocenters. The van der Waals surface area contributed by atoms with Gasteiger partial charge in [-0.15, -0.1) is 0 Å². The number of hydrogen-bond acceptors (Lipinski definition) is 0. The van der Waals surface area contributed by atoms with Crippen LogP contribution in [0, 0.1) is 6.92 Å². The van der Waals surface area contributed by atoms with Gasteiger partial charge in [-0.2, -0.15) is 0 Å². The van der Waals surface area contributed by atoms with Gasteiger partial charge in [0, 0.05) is 55.6 Å². The molecule has 3 heteroatoms. The molecule has 0 spiro atoms. The van der Waals surface area contributed by atoms with Gasteiger partial charge in [0.25, 0.3) is 0 Å². The highest BCUT2D eigenvalue weighted by Crippen LogP contribution is 2.41. The molecule has 3 heterocycles. The largest absolute Gasteiger partial charge is 0.316 e. The van der Waals surface area contributed by atoms with Gasteiger partial charge in [0.2, 0.25) is 0 Å². The molecular weight excluding hydrogens is 631 g/mol. The third kappa shape index (κ3) is 4.14. The summed E-state index contributed by atoms with van der Waals surface area (Å²) in [6.07, 6.45) is 2.21. The minimum atomic E-state index is 1.15. The van der Waals surface area contributed by atoms with Gasteiger partial charge in [-0.25, -0.2) is 0 Å². The smallest absolute Gasteiger partial charge is 0.0607 e. The number of benzene rings is 8. The van der Waals surface area contributed by atoms with E-state index < -0.39 is 0 Å². The number of nitrogens with zero attached hydrogens (tertiary/aromatic N) is 3. The molecule has 0 bridgehead atoms. The molecule has 3 nitrogen and oxygen atoms in total. The summed E-state index contributed by atoms with van der Waals surface area (Å²) >= 11 is 0. The van der Waals surface area contributed by atoms with E-state index in [1.165, 1.54) is 93.4 Å². The normalized spacial score (nSPS) is 11.9. The summed E-state index contributed by atoms with van der Waals surface area (Å²) in [5, 5.41) is 8.84. The van der Waals surface area contributed by atoms with Crippen molar-refractivity contribution in [3.05, 3.63) is 188 Å². The van der Waals surface area contributed by atoms with Crippen LogP contribution in [0.25, 0.3) is 93.5 Å². The number of para-hydroxylation sites is 4. The van der Waals surface area contributed by atoms with Crippen LogP contribution >= 0.6 is 0 Å². The van der Waals surface area contributed by atoms with Gasteiger partial charge in [0.1, 0.15) is 0 Å². The Morgan fingerprint density at radius 1 is 0.385 bits per heavy atom. The molecule has 0 aliphatic heterocycles. The van der Waals surface area contributed by atoms with Gasteiger partial charge >= 0.3 is 0 Å². The van der Waals surface area contributed by atoms with Crippen LogP contribution in [0.2, 0.25) is 0 Å². The monoisotopic (exact) mass is 663 g/mol. The summed E-state index contributed by atoms with van der Waals surface area (Å²) in [5.41, 5.74) is 13.3. The van der Waals surface area contributed by atoms with Crippen molar-refractivity contribution in [3.63, 3.8) is 0 Å². The standard InChI is InChI=1S/C49H33N3/c1-32-12-5-8-19-43(32)50-29-28-33-22-24-39-40(49(33)50)25-27-47-48(39)41-18-7-10-21-45(41)52(47)37-16-11-13-34(30-37)35-23-26-46-42(31-35)38-17-6-9-20-44(38)51(46)36-14-3-2-4-15-36/h2-31H,1H3. The van der Waals surface area contributed by atoms with Crippen molar-refractivity contribution < 1.29 is 0 Å². The van der Waals surface area contributed by atoms with Crippen LogP contribution in [-0.4, -0.2) is 13.7 Å². The fourth-order valence-corrected chi connectivity index (χ4v) is 8.65. The Hall–Kier alpha value is -6.84. The molecule has 0 fully saturated rings. The highest BCUT2D eigenvalue weighted by atomic mass is 15.0. The average Bonchev–Trinajstić information content (AvgIpc) is 3.89. The second kappa shape index (κ2) is 11.1. The first-order valence-electron chi connectivity index (χ1n) is 17.9. The molecule has 52 heavy (non-hydrogen) atoms. The van der Waals surface area contributed by atoms with Crippen molar-refractivity contribution in [1.82, 2.24) is 13.7 Å². The summed E-state index contributed by atoms with van der Waals surface area (Å²) in [5.74, 6) is 0. The maximum Gasteiger partial charge on any atom is 0.0607 e. The molecular formula is C49H33N3. The molecule has 0 N–H and O–H groups in total. The van der Waals surface area contributed by atoms with E-state index in [0.29, 0.717) is 0 Å². The molecule has 0 saturated carbocycles. The fraction of sp³-hybridized carbons (Fsp3) is 0.0204. The van der Waals surface area contributed by atoms with Crippen molar-refractivity contribution in [2.24, 2.45) is 0 Å². The minimum absolute atomic E-state index is 1.15. The van der Waals surface area contributed by atoms with Crippen molar-refractivity contribution in [2.45, 2.75) is 6.92 Å². The van der Waals surface area contributed by atoms with E-state index in [0.717, 1.165) is 5.69 Å². The fourth-order valence-electron chi connectivity index (χ4n) is 8.65. The Bertz CT molecular complexity index is 3190. The number of fused-ring (bicyclic) bond motifs is 10. The van der Waals surface area contributed by atoms with Crippen molar-refractivity contribution in [3.8, 4) is 28.2 Å². The van der Waals surface area contributed by atoms with Crippen LogP contribution in [0.15, 0.2) is 182 Å². The first kappa shape index (κ1) is 28.9. The van der Waals surface area contributed by atoms with Crippen LogP contribution in [0.3, 0.4) is 0 Å². The minimum Gasteiger partial charge on any atom is -0.316 e. The summed E-state index contributed by atoms with van der Waals surface area (Å²) < 4.78 is 7.17. The lowest BCUT2D eigenvalue weighted by Crippen LogP contribution is -1.96. The summed E-state index contributed by atoms with van der Waals surface area (Å²) in [6.45, 7) is 2.19. The maximum atomic E-state index is 2.44. The molecule has 0 amide bonds. The highest BCUT2D eigenvalue weighted by Gasteiger charge is 2.18. The van der Waals surface area contributed by atoms with Crippen LogP contribution < -0.4 is 0 Å². The molecule has 3 aromatic heterocycles. The molecule has 11 rings (SSSR count). The van der Waals surface area contributed by atoms with E-state index in [1.807, 2.05) is 0 Å². The molecule has 0 aliphatic carbocycles. The molecule has 0 saturated heterocycles. The van der Waals surface area contributed by atoms with Gasteiger partial charge in [-0.1, -0.05) is 109 Å². The number of aromatic nitrogens is 3. The Balaban J connectivity index is 1.11. The van der Waals surface area contributed by atoms with Crippen molar-refractivity contribution >= 4 is 65.3 Å². The lowest BCUT2D eigenvalue weighted by Gasteiger charge is -2.13. The molecule has 11 aromatic rings. The van der Waals surface area contributed by atoms with Gasteiger partial charge < -0.3 is 13.7 Å². The zero-order valence-electron chi connectivity index (χ0n) is 28.7. The van der Waals surface area contributed by atoms with Gasteiger partial charge in [-0.05, 0) is 95.7 Å². The molecule has 244 valence electrons. The van der Waals surface area contributed by atoms with Crippen LogP contribution in [0.1, 0.15) is 5.56 Å². The van der Waals surface area contributed by atoms with E-state index >= 15 is 0 Å². The third-order valence-electron chi connectivity index (χ3n) is 11.0. The second-order valence-electron chi connectivity index (χ2n) is 13.9.